The Kier molecular flexibility index (Phi) is 8.33. The second-order valence-electron chi connectivity index (χ2n) is 3.83. The molecule has 4 heteroatoms. The van der Waals surface area contributed by atoms with E-state index in [4.69, 9.17) is 4.74 Å². The first-order chi connectivity index (χ1) is 7.10. The highest BCUT2D eigenvalue weighted by atomic mass is 16.5. The van der Waals surface area contributed by atoms with Crippen molar-refractivity contribution in [2.75, 3.05) is 33.8 Å². The molecule has 90 valence electrons. The average molecular weight is 216 g/mol. The van der Waals surface area contributed by atoms with Crippen LogP contribution in [0.5, 0.6) is 0 Å². The highest BCUT2D eigenvalue weighted by Gasteiger charge is 2.09. The Bertz CT molecular complexity index is 172. The third-order valence-corrected chi connectivity index (χ3v) is 2.15. The Morgan fingerprint density at radius 2 is 2.07 bits per heavy atom. The van der Waals surface area contributed by atoms with Crippen molar-refractivity contribution in [3.63, 3.8) is 0 Å². The van der Waals surface area contributed by atoms with Gasteiger partial charge in [-0.2, -0.15) is 0 Å². The quantitative estimate of drug-likeness (QED) is 0.654. The van der Waals surface area contributed by atoms with Crippen molar-refractivity contribution < 1.29 is 9.53 Å². The maximum absolute atomic E-state index is 11.1. The van der Waals surface area contributed by atoms with Gasteiger partial charge in [0.1, 0.15) is 0 Å². The largest absolute Gasteiger partial charge is 0.377 e. The molecule has 0 fully saturated rings. The van der Waals surface area contributed by atoms with E-state index in [0.717, 1.165) is 13.0 Å². The summed E-state index contributed by atoms with van der Waals surface area (Å²) in [5.74, 6) is 0.0876. The molecule has 0 heterocycles. The molecule has 1 amide bonds. The van der Waals surface area contributed by atoms with Crippen molar-refractivity contribution in [2.24, 2.45) is 0 Å². The van der Waals surface area contributed by atoms with E-state index in [1.54, 1.807) is 0 Å². The van der Waals surface area contributed by atoms with Crippen LogP contribution in [0.3, 0.4) is 0 Å². The number of rotatable bonds is 8. The van der Waals surface area contributed by atoms with E-state index in [9.17, 15) is 4.79 Å². The lowest BCUT2D eigenvalue weighted by atomic mass is 10.2. The molecule has 0 aliphatic heterocycles. The van der Waals surface area contributed by atoms with E-state index in [1.165, 1.54) is 0 Å². The van der Waals surface area contributed by atoms with Gasteiger partial charge in [0.2, 0.25) is 5.91 Å². The van der Waals surface area contributed by atoms with Gasteiger partial charge in [-0.05, 0) is 27.4 Å². The van der Waals surface area contributed by atoms with Gasteiger partial charge in [0.25, 0.3) is 0 Å². The third-order valence-electron chi connectivity index (χ3n) is 2.15. The molecular formula is C11H24N2O2. The summed E-state index contributed by atoms with van der Waals surface area (Å²) in [4.78, 5) is 13.2. The molecule has 0 rings (SSSR count). The van der Waals surface area contributed by atoms with Gasteiger partial charge in [0.05, 0.1) is 6.10 Å². The van der Waals surface area contributed by atoms with Crippen LogP contribution in [0.1, 0.15) is 26.7 Å². The second-order valence-corrected chi connectivity index (χ2v) is 3.83. The summed E-state index contributed by atoms with van der Waals surface area (Å²) < 4.78 is 5.55. The van der Waals surface area contributed by atoms with Gasteiger partial charge >= 0.3 is 0 Å². The molecule has 1 atom stereocenters. The van der Waals surface area contributed by atoms with Gasteiger partial charge in [-0.3, -0.25) is 4.79 Å². The molecular weight excluding hydrogens is 192 g/mol. The highest BCUT2D eigenvalue weighted by Crippen LogP contribution is 1.98. The summed E-state index contributed by atoms with van der Waals surface area (Å²) in [6.07, 6.45) is 1.62. The maximum Gasteiger partial charge on any atom is 0.219 e. The van der Waals surface area contributed by atoms with Crippen molar-refractivity contribution in [2.45, 2.75) is 32.8 Å². The molecule has 0 spiro atoms. The summed E-state index contributed by atoms with van der Waals surface area (Å²) >= 11 is 0. The SMILES string of the molecule is CCOC(CCN(C)C)CNC(=O)CC. The van der Waals surface area contributed by atoms with Crippen LogP contribution in [-0.2, 0) is 9.53 Å². The minimum atomic E-state index is 0.0876. The summed E-state index contributed by atoms with van der Waals surface area (Å²) in [5, 5.41) is 2.86. The number of nitrogens with zero attached hydrogens (tertiary/aromatic N) is 1. The number of carbonyl (C=O) groups is 1. The van der Waals surface area contributed by atoms with Crippen molar-refractivity contribution in [3.05, 3.63) is 0 Å². The van der Waals surface area contributed by atoms with Crippen LogP contribution in [0, 0.1) is 0 Å². The number of carbonyl (C=O) groups excluding carboxylic acids is 1. The van der Waals surface area contributed by atoms with E-state index >= 15 is 0 Å². The lowest BCUT2D eigenvalue weighted by molar-refractivity contribution is -0.121. The first-order valence-corrected chi connectivity index (χ1v) is 5.63. The summed E-state index contributed by atoms with van der Waals surface area (Å²) in [7, 11) is 4.07. The van der Waals surface area contributed by atoms with Gasteiger partial charge in [0.15, 0.2) is 0 Å². The van der Waals surface area contributed by atoms with E-state index in [-0.39, 0.29) is 12.0 Å². The molecule has 1 unspecified atom stereocenters. The Labute approximate surface area is 93.0 Å². The fourth-order valence-electron chi connectivity index (χ4n) is 1.23. The zero-order valence-electron chi connectivity index (χ0n) is 10.4. The van der Waals surface area contributed by atoms with Gasteiger partial charge in [-0.15, -0.1) is 0 Å². The number of ether oxygens (including phenoxy) is 1. The van der Waals surface area contributed by atoms with Crippen molar-refractivity contribution in [3.8, 4) is 0 Å². The smallest absolute Gasteiger partial charge is 0.219 e. The Morgan fingerprint density at radius 3 is 2.53 bits per heavy atom. The van der Waals surface area contributed by atoms with Crippen LogP contribution in [0.15, 0.2) is 0 Å². The highest BCUT2D eigenvalue weighted by molar-refractivity contribution is 5.75. The van der Waals surface area contributed by atoms with Crippen LogP contribution < -0.4 is 5.32 Å². The van der Waals surface area contributed by atoms with E-state index in [2.05, 4.69) is 10.2 Å². The van der Waals surface area contributed by atoms with E-state index in [1.807, 2.05) is 27.9 Å². The minimum absolute atomic E-state index is 0.0876. The zero-order valence-corrected chi connectivity index (χ0v) is 10.4. The Morgan fingerprint density at radius 1 is 1.40 bits per heavy atom. The number of hydrogen-bond acceptors (Lipinski definition) is 3. The number of amides is 1. The predicted molar refractivity (Wildman–Crippen MR) is 61.9 cm³/mol. The van der Waals surface area contributed by atoms with Gasteiger partial charge < -0.3 is 15.0 Å². The lowest BCUT2D eigenvalue weighted by Crippen LogP contribution is -2.35. The summed E-state index contributed by atoms with van der Waals surface area (Å²) in [5.41, 5.74) is 0. The van der Waals surface area contributed by atoms with Crippen molar-refractivity contribution >= 4 is 5.91 Å². The topological polar surface area (TPSA) is 41.6 Å². The molecule has 0 aliphatic rings. The molecule has 0 aromatic heterocycles. The van der Waals surface area contributed by atoms with E-state index < -0.39 is 0 Å². The lowest BCUT2D eigenvalue weighted by Gasteiger charge is -2.19. The number of hydrogen-bond donors (Lipinski definition) is 1. The van der Waals surface area contributed by atoms with Crippen LogP contribution in [0.25, 0.3) is 0 Å². The van der Waals surface area contributed by atoms with Crippen molar-refractivity contribution in [1.29, 1.82) is 0 Å². The molecule has 4 nitrogen and oxygen atoms in total. The zero-order chi connectivity index (χ0) is 11.7. The molecule has 15 heavy (non-hydrogen) atoms. The molecule has 0 bridgehead atoms. The van der Waals surface area contributed by atoms with Gasteiger partial charge in [0, 0.05) is 26.1 Å². The number of nitrogens with one attached hydrogen (secondary N) is 1. The molecule has 0 aliphatic carbocycles. The summed E-state index contributed by atoms with van der Waals surface area (Å²) in [6.45, 7) is 6.12. The Hall–Kier alpha value is -0.610. The Balaban J connectivity index is 3.77. The fraction of sp³-hybridized carbons (Fsp3) is 0.909. The first kappa shape index (κ1) is 14.4. The molecule has 0 saturated heterocycles. The minimum Gasteiger partial charge on any atom is -0.377 e. The first-order valence-electron chi connectivity index (χ1n) is 5.63. The maximum atomic E-state index is 11.1. The monoisotopic (exact) mass is 216 g/mol. The molecule has 0 aromatic carbocycles. The molecule has 0 radical (unpaired) electrons. The average Bonchev–Trinajstić information content (AvgIpc) is 2.21. The van der Waals surface area contributed by atoms with Gasteiger partial charge in [-0.25, -0.2) is 0 Å². The third kappa shape index (κ3) is 8.39. The van der Waals surface area contributed by atoms with E-state index in [0.29, 0.717) is 19.6 Å². The standard InChI is InChI=1S/C11H24N2O2/c1-5-11(14)12-9-10(15-6-2)7-8-13(3)4/h10H,5-9H2,1-4H3,(H,12,14). The van der Waals surface area contributed by atoms with Crippen LogP contribution in [0.4, 0.5) is 0 Å². The van der Waals surface area contributed by atoms with Crippen molar-refractivity contribution in [1.82, 2.24) is 10.2 Å². The molecule has 0 aromatic rings. The van der Waals surface area contributed by atoms with Crippen LogP contribution in [-0.4, -0.2) is 50.7 Å². The molecule has 1 N–H and O–H groups in total. The fourth-order valence-corrected chi connectivity index (χ4v) is 1.23. The van der Waals surface area contributed by atoms with Crippen LogP contribution >= 0.6 is 0 Å². The second kappa shape index (κ2) is 8.68. The van der Waals surface area contributed by atoms with Gasteiger partial charge in [-0.1, -0.05) is 6.92 Å². The predicted octanol–water partition coefficient (Wildman–Crippen LogP) is 0.869. The summed E-state index contributed by atoms with van der Waals surface area (Å²) in [6, 6.07) is 0. The molecule has 0 saturated carbocycles. The van der Waals surface area contributed by atoms with Crippen LogP contribution in [0.2, 0.25) is 0 Å². The normalized spacial score (nSPS) is 12.9.